The number of nitrogens with zero attached hydrogens (tertiary/aromatic N) is 2. The second-order valence-electron chi connectivity index (χ2n) is 13.2. The minimum Gasteiger partial charge on any atom is -0.475 e. The second-order valence-corrected chi connectivity index (χ2v) is 16.0. The van der Waals surface area contributed by atoms with Gasteiger partial charge in [0.2, 0.25) is 5.88 Å². The number of nitrogens with one attached hydrogen (secondary N) is 1. The number of sulfonamides is 1. The van der Waals surface area contributed by atoms with Gasteiger partial charge < -0.3 is 38.8 Å². The van der Waals surface area contributed by atoms with E-state index in [-0.39, 0.29) is 57.7 Å². The molecule has 5 rings (SSSR count). The maximum atomic E-state index is 13.3. The monoisotopic (exact) mass is 873 g/mol. The summed E-state index contributed by atoms with van der Waals surface area (Å²) in [5.41, 5.74) is -1.19. The van der Waals surface area contributed by atoms with Crippen LogP contribution in [0.4, 0.5) is 18.9 Å². The van der Waals surface area contributed by atoms with Crippen molar-refractivity contribution in [3.05, 3.63) is 99.5 Å². The number of pyridine rings is 1. The van der Waals surface area contributed by atoms with Gasteiger partial charge in [0.05, 0.1) is 78.2 Å². The molecule has 12 nitrogen and oxygen atoms in total. The first-order chi connectivity index (χ1) is 28.0. The third-order valence-electron chi connectivity index (χ3n) is 9.20. The first kappa shape index (κ1) is 45.8. The minimum atomic E-state index is -5.42. The molecule has 2 N–H and O–H groups in total. The summed E-state index contributed by atoms with van der Waals surface area (Å²) in [4.78, 5) is 4.75. The van der Waals surface area contributed by atoms with Crippen LogP contribution < -0.4 is 10.1 Å². The minimum absolute atomic E-state index is 0.0165. The molecule has 58 heavy (non-hydrogen) atoms. The third kappa shape index (κ3) is 13.6. The molecular formula is C40H48Cl2F3N3O9S. The van der Waals surface area contributed by atoms with Crippen LogP contribution in [0, 0.1) is 0 Å². The molecule has 2 heterocycles. The van der Waals surface area contributed by atoms with Crippen molar-refractivity contribution >= 4 is 49.8 Å². The summed E-state index contributed by atoms with van der Waals surface area (Å²) in [6, 6.07) is 22.5. The van der Waals surface area contributed by atoms with Crippen LogP contribution in [0.1, 0.15) is 35.4 Å². The van der Waals surface area contributed by atoms with E-state index >= 15 is 0 Å². The van der Waals surface area contributed by atoms with Crippen molar-refractivity contribution < 1.29 is 55.1 Å². The smallest absolute Gasteiger partial charge is 0.475 e. The van der Waals surface area contributed by atoms with Crippen molar-refractivity contribution in [1.82, 2.24) is 9.29 Å². The van der Waals surface area contributed by atoms with E-state index in [1.165, 1.54) is 0 Å². The van der Waals surface area contributed by atoms with Crippen LogP contribution in [0.3, 0.4) is 0 Å². The number of benzene rings is 3. The van der Waals surface area contributed by atoms with Crippen molar-refractivity contribution in [2.75, 3.05) is 97.7 Å². The number of fused-ring (bicyclic) bond motifs is 1. The number of rotatable bonds is 24. The van der Waals surface area contributed by atoms with Gasteiger partial charge in [-0.25, -0.2) is 13.4 Å². The average molecular weight is 875 g/mol. The fourth-order valence-corrected chi connectivity index (χ4v) is 7.57. The van der Waals surface area contributed by atoms with Crippen molar-refractivity contribution in [3.8, 4) is 5.88 Å². The van der Waals surface area contributed by atoms with E-state index in [2.05, 4.69) is 5.32 Å². The zero-order valence-electron chi connectivity index (χ0n) is 31.8. The zero-order valence-corrected chi connectivity index (χ0v) is 34.1. The molecule has 3 aromatic carbocycles. The normalized spacial score (nSPS) is 14.4. The lowest BCUT2D eigenvalue weighted by Gasteiger charge is -2.32. The number of ether oxygens (including phenoxy) is 6. The molecule has 1 aliphatic heterocycles. The Labute approximate surface area is 346 Å². The molecule has 0 aliphatic carbocycles. The van der Waals surface area contributed by atoms with E-state index in [0.29, 0.717) is 90.9 Å². The van der Waals surface area contributed by atoms with Gasteiger partial charge in [0, 0.05) is 52.2 Å². The van der Waals surface area contributed by atoms with E-state index in [4.69, 9.17) is 61.7 Å². The third-order valence-corrected chi connectivity index (χ3v) is 11.3. The molecule has 18 heteroatoms. The van der Waals surface area contributed by atoms with Crippen LogP contribution in [-0.2, 0) is 33.7 Å². The van der Waals surface area contributed by atoms with Gasteiger partial charge in [-0.3, -0.25) is 0 Å². The van der Waals surface area contributed by atoms with Gasteiger partial charge in [-0.2, -0.15) is 17.5 Å². The Bertz CT molecular complexity index is 1910. The summed E-state index contributed by atoms with van der Waals surface area (Å²) in [6.45, 7) is 3.39. The van der Waals surface area contributed by atoms with Crippen molar-refractivity contribution in [2.45, 2.75) is 30.3 Å². The number of hydrogen-bond donors (Lipinski definition) is 2. The van der Waals surface area contributed by atoms with Crippen LogP contribution in [0.25, 0.3) is 10.9 Å². The quantitative estimate of drug-likeness (QED) is 0.0562. The first-order valence-electron chi connectivity index (χ1n) is 18.9. The van der Waals surface area contributed by atoms with Gasteiger partial charge in [-0.05, 0) is 65.9 Å². The molecule has 4 aromatic rings. The SMILES string of the molecule is O=S(=O)(N1CCC(Nc2cc(OCCOCCOCCOCCOCCOCCO)nc3ccc(C(c4ccc(Cl)cc4)c4ccc(Cl)cc4)cc23)CC1)C(F)(F)F. The molecule has 318 valence electrons. The van der Waals surface area contributed by atoms with Crippen LogP contribution in [-0.4, -0.2) is 127 Å². The van der Waals surface area contributed by atoms with E-state index in [0.717, 1.165) is 22.1 Å². The molecule has 0 atom stereocenters. The van der Waals surface area contributed by atoms with Gasteiger partial charge in [-0.15, -0.1) is 0 Å². The maximum Gasteiger partial charge on any atom is 0.511 e. The highest BCUT2D eigenvalue weighted by molar-refractivity contribution is 7.90. The maximum absolute atomic E-state index is 13.3. The highest BCUT2D eigenvalue weighted by Crippen LogP contribution is 2.38. The lowest BCUT2D eigenvalue weighted by Crippen LogP contribution is -2.47. The summed E-state index contributed by atoms with van der Waals surface area (Å²) in [5, 5.41) is 14.1. The number of aliphatic hydroxyl groups excluding tert-OH is 1. The number of hydrogen-bond acceptors (Lipinski definition) is 11. The van der Waals surface area contributed by atoms with Crippen molar-refractivity contribution in [1.29, 1.82) is 0 Å². The molecule has 0 unspecified atom stereocenters. The molecule has 0 amide bonds. The highest BCUT2D eigenvalue weighted by atomic mass is 35.5. The molecule has 0 saturated carbocycles. The number of anilines is 1. The largest absolute Gasteiger partial charge is 0.511 e. The lowest BCUT2D eigenvalue weighted by molar-refractivity contribution is -0.0494. The Hall–Kier alpha value is -3.29. The number of aliphatic hydroxyl groups is 1. The summed E-state index contributed by atoms with van der Waals surface area (Å²) in [6.07, 6.45) is 0.318. The lowest BCUT2D eigenvalue weighted by atomic mass is 9.84. The average Bonchev–Trinajstić information content (AvgIpc) is 3.20. The summed E-state index contributed by atoms with van der Waals surface area (Å²) in [7, 11) is -5.42. The predicted molar refractivity (Wildman–Crippen MR) is 215 cm³/mol. The Morgan fingerprint density at radius 3 is 1.66 bits per heavy atom. The highest BCUT2D eigenvalue weighted by Gasteiger charge is 2.50. The zero-order chi connectivity index (χ0) is 41.4. The van der Waals surface area contributed by atoms with E-state index < -0.39 is 15.5 Å². The summed E-state index contributed by atoms with van der Waals surface area (Å²) >= 11 is 12.5. The fraction of sp³-hybridized carbons (Fsp3) is 0.475. The Balaban J connectivity index is 1.22. The Kier molecular flexibility index (Phi) is 18.1. The van der Waals surface area contributed by atoms with Gasteiger partial charge in [-0.1, -0.05) is 53.5 Å². The Morgan fingerprint density at radius 1 is 0.707 bits per heavy atom. The van der Waals surface area contributed by atoms with E-state index in [1.54, 1.807) is 6.07 Å². The fourth-order valence-electron chi connectivity index (χ4n) is 6.34. The number of piperidine rings is 1. The van der Waals surface area contributed by atoms with Gasteiger partial charge in [0.25, 0.3) is 0 Å². The van der Waals surface area contributed by atoms with E-state index in [9.17, 15) is 21.6 Å². The molecule has 1 aromatic heterocycles. The van der Waals surface area contributed by atoms with Crippen LogP contribution >= 0.6 is 23.2 Å². The molecule has 1 aliphatic rings. The first-order valence-corrected chi connectivity index (χ1v) is 21.1. The van der Waals surface area contributed by atoms with Gasteiger partial charge in [0.1, 0.15) is 6.61 Å². The van der Waals surface area contributed by atoms with Crippen molar-refractivity contribution in [2.24, 2.45) is 0 Å². The summed E-state index contributed by atoms with van der Waals surface area (Å²) in [5.74, 6) is 0.103. The number of alkyl halides is 3. The molecule has 0 radical (unpaired) electrons. The number of halogens is 5. The molecule has 0 bridgehead atoms. The van der Waals surface area contributed by atoms with E-state index in [1.807, 2.05) is 66.7 Å². The molecule has 0 spiro atoms. The molecular weight excluding hydrogens is 826 g/mol. The van der Waals surface area contributed by atoms with Crippen LogP contribution in [0.2, 0.25) is 10.0 Å². The van der Waals surface area contributed by atoms with Gasteiger partial charge >= 0.3 is 15.5 Å². The molecule has 1 saturated heterocycles. The predicted octanol–water partition coefficient (Wildman–Crippen LogP) is 6.90. The Morgan fingerprint density at radius 2 is 1.17 bits per heavy atom. The van der Waals surface area contributed by atoms with Crippen molar-refractivity contribution in [3.63, 3.8) is 0 Å². The van der Waals surface area contributed by atoms with Gasteiger partial charge in [0.15, 0.2) is 0 Å². The topological polar surface area (TPSA) is 138 Å². The van der Waals surface area contributed by atoms with Crippen LogP contribution in [0.5, 0.6) is 5.88 Å². The second kappa shape index (κ2) is 22.9. The standard InChI is InChI=1S/C40H48Cl2F3N3O9S/c41-32-6-1-29(2-7-32)39(30-3-8-33(42)9-4-30)31-5-10-36-35(27-31)37(46-34-11-13-48(14-12-34)58(50,51)40(43,44)45)28-38(47-36)57-26-25-56-24-23-55-22-21-54-20-19-53-18-17-52-16-15-49/h1-10,27-28,34,39,49H,11-26H2,(H,46,47). The summed E-state index contributed by atoms with van der Waals surface area (Å²) < 4.78 is 97.6. The number of aromatic nitrogens is 1. The van der Waals surface area contributed by atoms with Crippen LogP contribution in [0.15, 0.2) is 72.8 Å². The molecule has 1 fully saturated rings.